The van der Waals surface area contributed by atoms with E-state index in [0.717, 1.165) is 18.7 Å². The molecule has 104 valence electrons. The summed E-state index contributed by atoms with van der Waals surface area (Å²) < 4.78 is 18.1. The average molecular weight is 264 g/mol. The second-order valence-electron chi connectivity index (χ2n) is 5.19. The molecule has 0 aromatic heterocycles. The summed E-state index contributed by atoms with van der Waals surface area (Å²) in [5.74, 6) is 0.459. The summed E-state index contributed by atoms with van der Waals surface area (Å²) in [6.07, 6.45) is 0. The van der Waals surface area contributed by atoms with Gasteiger partial charge in [-0.2, -0.15) is 5.10 Å². The molecular weight excluding hydrogens is 243 g/mol. The topological polar surface area (TPSA) is 24.8 Å². The van der Waals surface area contributed by atoms with Gasteiger partial charge in [0.15, 0.2) is 0 Å². The molecule has 1 aliphatic rings. The number of hydrogen-bond acceptors (Lipinski definition) is 3. The fraction of sp³-hybridized carbons (Fsp3) is 0.533. The highest BCUT2D eigenvalue weighted by Gasteiger charge is 2.29. The Balaban J connectivity index is 2.16. The van der Waals surface area contributed by atoms with Gasteiger partial charge in [0.2, 0.25) is 0 Å². The molecule has 0 radical (unpaired) electrons. The van der Waals surface area contributed by atoms with Crippen molar-refractivity contribution < 1.29 is 9.13 Å². The minimum atomic E-state index is -0.193. The van der Waals surface area contributed by atoms with E-state index in [1.807, 2.05) is 17.1 Å². The molecule has 0 saturated heterocycles. The van der Waals surface area contributed by atoms with Crippen molar-refractivity contribution in [2.75, 3.05) is 26.8 Å². The van der Waals surface area contributed by atoms with Gasteiger partial charge in [0, 0.05) is 25.3 Å². The molecule has 1 heterocycles. The van der Waals surface area contributed by atoms with Crippen LogP contribution in [-0.2, 0) is 4.74 Å². The van der Waals surface area contributed by atoms with Crippen LogP contribution in [-0.4, -0.2) is 37.5 Å². The van der Waals surface area contributed by atoms with Gasteiger partial charge < -0.3 is 4.74 Å². The lowest BCUT2D eigenvalue weighted by Gasteiger charge is -2.17. The van der Waals surface area contributed by atoms with Crippen molar-refractivity contribution in [2.45, 2.75) is 19.8 Å². The van der Waals surface area contributed by atoms with Crippen LogP contribution in [0.15, 0.2) is 29.4 Å². The van der Waals surface area contributed by atoms with Gasteiger partial charge in [0.1, 0.15) is 5.82 Å². The van der Waals surface area contributed by atoms with Crippen LogP contribution in [0.5, 0.6) is 0 Å². The molecule has 1 unspecified atom stereocenters. The lowest BCUT2D eigenvalue weighted by molar-refractivity contribution is 0.155. The number of benzene rings is 1. The van der Waals surface area contributed by atoms with Gasteiger partial charge in [0.05, 0.1) is 13.2 Å². The van der Waals surface area contributed by atoms with Gasteiger partial charge >= 0.3 is 0 Å². The van der Waals surface area contributed by atoms with Gasteiger partial charge in [-0.05, 0) is 23.6 Å². The maximum absolute atomic E-state index is 13.0. The molecule has 0 aliphatic carbocycles. The van der Waals surface area contributed by atoms with E-state index in [1.54, 1.807) is 7.11 Å². The molecule has 0 N–H and O–H groups in total. The predicted molar refractivity (Wildman–Crippen MR) is 74.9 cm³/mol. The predicted octanol–water partition coefficient (Wildman–Crippen LogP) is 2.88. The Labute approximate surface area is 114 Å². The van der Waals surface area contributed by atoms with Crippen LogP contribution in [0.25, 0.3) is 0 Å². The van der Waals surface area contributed by atoms with Crippen molar-refractivity contribution in [1.29, 1.82) is 0 Å². The minimum Gasteiger partial charge on any atom is -0.383 e. The van der Waals surface area contributed by atoms with E-state index in [4.69, 9.17) is 4.74 Å². The Morgan fingerprint density at radius 2 is 2.05 bits per heavy atom. The smallest absolute Gasteiger partial charge is 0.123 e. The zero-order valence-corrected chi connectivity index (χ0v) is 11.8. The van der Waals surface area contributed by atoms with Crippen LogP contribution in [0.3, 0.4) is 0 Å². The first-order valence-electron chi connectivity index (χ1n) is 6.69. The summed E-state index contributed by atoms with van der Waals surface area (Å²) in [5.41, 5.74) is 2.30. The zero-order chi connectivity index (χ0) is 13.8. The molecule has 1 aromatic carbocycles. The van der Waals surface area contributed by atoms with Gasteiger partial charge in [-0.3, -0.25) is 5.01 Å². The molecule has 0 amide bonds. The van der Waals surface area contributed by atoms with Crippen molar-refractivity contribution in [2.24, 2.45) is 11.0 Å². The van der Waals surface area contributed by atoms with Gasteiger partial charge in [-0.1, -0.05) is 26.0 Å². The number of nitrogens with zero attached hydrogens (tertiary/aromatic N) is 2. The first-order valence-corrected chi connectivity index (χ1v) is 6.69. The lowest BCUT2D eigenvalue weighted by atomic mass is 9.89. The van der Waals surface area contributed by atoms with Crippen LogP contribution in [0.1, 0.15) is 25.3 Å². The molecule has 1 atom stereocenters. The molecule has 2 rings (SSSR count). The average Bonchev–Trinajstić information content (AvgIpc) is 2.81. The van der Waals surface area contributed by atoms with Crippen LogP contribution in [0, 0.1) is 11.7 Å². The summed E-state index contributed by atoms with van der Waals surface area (Å²) in [6, 6.07) is 6.76. The molecule has 1 aromatic rings. The standard InChI is InChI=1S/C15H21FN2O/c1-11(2)15-14(10-18(17-15)8-9-19-3)12-4-6-13(16)7-5-12/h4-7,11,14H,8-10H2,1-3H3. The van der Waals surface area contributed by atoms with Crippen LogP contribution >= 0.6 is 0 Å². The third kappa shape index (κ3) is 3.32. The Morgan fingerprint density at radius 1 is 1.37 bits per heavy atom. The maximum atomic E-state index is 13.0. The van der Waals surface area contributed by atoms with E-state index >= 15 is 0 Å². The third-order valence-electron chi connectivity index (χ3n) is 3.42. The molecule has 4 heteroatoms. The highest BCUT2D eigenvalue weighted by molar-refractivity contribution is 5.93. The molecule has 3 nitrogen and oxygen atoms in total. The number of methoxy groups -OCH3 is 1. The highest BCUT2D eigenvalue weighted by Crippen LogP contribution is 2.28. The highest BCUT2D eigenvalue weighted by atomic mass is 19.1. The minimum absolute atomic E-state index is 0.193. The van der Waals surface area contributed by atoms with Crippen molar-refractivity contribution in [1.82, 2.24) is 5.01 Å². The fourth-order valence-electron chi connectivity index (χ4n) is 2.41. The number of ether oxygens (including phenoxy) is 1. The number of hydrazone groups is 1. The Hall–Kier alpha value is -1.42. The Morgan fingerprint density at radius 3 is 2.63 bits per heavy atom. The van der Waals surface area contributed by atoms with E-state index in [-0.39, 0.29) is 11.7 Å². The summed E-state index contributed by atoms with van der Waals surface area (Å²) in [7, 11) is 1.70. The molecule has 0 saturated carbocycles. The summed E-state index contributed by atoms with van der Waals surface area (Å²) in [5, 5.41) is 6.73. The van der Waals surface area contributed by atoms with Crippen molar-refractivity contribution >= 4 is 5.71 Å². The monoisotopic (exact) mass is 264 g/mol. The Bertz CT molecular complexity index is 442. The third-order valence-corrected chi connectivity index (χ3v) is 3.42. The molecule has 19 heavy (non-hydrogen) atoms. The molecular formula is C15H21FN2O. The van der Waals surface area contributed by atoms with Crippen LogP contribution in [0.2, 0.25) is 0 Å². The number of rotatable bonds is 5. The molecule has 0 fully saturated rings. The SMILES string of the molecule is COCCN1CC(c2ccc(F)cc2)C(C(C)C)=N1. The quantitative estimate of drug-likeness (QED) is 0.817. The van der Waals surface area contributed by atoms with E-state index in [1.165, 1.54) is 17.8 Å². The van der Waals surface area contributed by atoms with Crippen molar-refractivity contribution in [3.63, 3.8) is 0 Å². The number of hydrogen-bond donors (Lipinski definition) is 0. The second-order valence-corrected chi connectivity index (χ2v) is 5.19. The number of halogens is 1. The molecule has 1 aliphatic heterocycles. The first-order chi connectivity index (χ1) is 9.11. The summed E-state index contributed by atoms with van der Waals surface area (Å²) in [6.45, 7) is 6.61. The largest absolute Gasteiger partial charge is 0.383 e. The Kier molecular flexibility index (Phi) is 4.53. The fourth-order valence-corrected chi connectivity index (χ4v) is 2.41. The van der Waals surface area contributed by atoms with Gasteiger partial charge in [0.25, 0.3) is 0 Å². The van der Waals surface area contributed by atoms with E-state index in [9.17, 15) is 4.39 Å². The zero-order valence-electron chi connectivity index (χ0n) is 11.8. The van der Waals surface area contributed by atoms with E-state index < -0.39 is 0 Å². The maximum Gasteiger partial charge on any atom is 0.123 e. The lowest BCUT2D eigenvalue weighted by Crippen LogP contribution is -2.22. The second kappa shape index (κ2) is 6.15. The van der Waals surface area contributed by atoms with Crippen molar-refractivity contribution in [3.8, 4) is 0 Å². The molecule has 0 bridgehead atoms. The van der Waals surface area contributed by atoms with Crippen LogP contribution in [0.4, 0.5) is 4.39 Å². The van der Waals surface area contributed by atoms with Gasteiger partial charge in [-0.15, -0.1) is 0 Å². The molecule has 0 spiro atoms. The van der Waals surface area contributed by atoms with E-state index in [2.05, 4.69) is 18.9 Å². The van der Waals surface area contributed by atoms with Crippen LogP contribution < -0.4 is 0 Å². The van der Waals surface area contributed by atoms with Crippen molar-refractivity contribution in [3.05, 3.63) is 35.6 Å². The summed E-state index contributed by atoms with van der Waals surface area (Å²) in [4.78, 5) is 0. The van der Waals surface area contributed by atoms with Gasteiger partial charge in [-0.25, -0.2) is 4.39 Å². The summed E-state index contributed by atoms with van der Waals surface area (Å²) >= 11 is 0. The first kappa shape index (κ1) is 14.0. The van der Waals surface area contributed by atoms with E-state index in [0.29, 0.717) is 12.5 Å². The normalized spacial score (nSPS) is 19.1.